The fourth-order valence-corrected chi connectivity index (χ4v) is 3.34. The number of hydrogen-bond donors (Lipinski definition) is 1. The topological polar surface area (TPSA) is 71.3 Å². The third-order valence-corrected chi connectivity index (χ3v) is 5.03. The minimum atomic E-state index is -0.517. The molecule has 0 aliphatic carbocycles. The van der Waals surface area contributed by atoms with Gasteiger partial charge in [-0.2, -0.15) is 5.26 Å². The first-order chi connectivity index (χ1) is 15.4. The molecule has 162 valence electrons. The monoisotopic (exact) mass is 466 g/mol. The molecule has 0 aliphatic heterocycles. The number of nitriles is 1. The molecule has 7 heteroatoms. The molecule has 3 aromatic carbocycles. The van der Waals surface area contributed by atoms with Crippen molar-refractivity contribution in [2.24, 2.45) is 0 Å². The van der Waals surface area contributed by atoms with Gasteiger partial charge in [-0.25, -0.2) is 0 Å². The van der Waals surface area contributed by atoms with Gasteiger partial charge in [0, 0.05) is 10.7 Å². The number of carbonyl (C=O) groups is 1. The van der Waals surface area contributed by atoms with Crippen LogP contribution in [0.4, 0.5) is 5.69 Å². The van der Waals surface area contributed by atoms with Gasteiger partial charge in [0.1, 0.15) is 18.2 Å². The molecule has 0 fully saturated rings. The van der Waals surface area contributed by atoms with Gasteiger partial charge in [-0.1, -0.05) is 47.5 Å². The molecule has 32 heavy (non-hydrogen) atoms. The van der Waals surface area contributed by atoms with E-state index in [0.717, 1.165) is 11.1 Å². The van der Waals surface area contributed by atoms with Crippen molar-refractivity contribution in [2.75, 3.05) is 12.4 Å². The van der Waals surface area contributed by atoms with Crippen molar-refractivity contribution in [1.29, 1.82) is 5.26 Å². The number of aryl methyl sites for hydroxylation is 1. The van der Waals surface area contributed by atoms with Gasteiger partial charge in [-0.05, 0) is 66.1 Å². The molecule has 0 aliphatic rings. The highest BCUT2D eigenvalue weighted by molar-refractivity contribution is 6.32. The SMILES string of the molecule is COc1cc(/C=C(/C#N)C(=O)Nc2cccc(C)c2)cc(Cl)c1OCc1ccc(Cl)cc1. The minimum absolute atomic E-state index is 0.0699. The quantitative estimate of drug-likeness (QED) is 0.321. The smallest absolute Gasteiger partial charge is 0.266 e. The number of amides is 1. The number of carbonyl (C=O) groups excluding carboxylic acids is 1. The van der Waals surface area contributed by atoms with E-state index in [4.69, 9.17) is 32.7 Å². The maximum atomic E-state index is 12.5. The molecule has 0 saturated heterocycles. The van der Waals surface area contributed by atoms with E-state index in [2.05, 4.69) is 5.32 Å². The Kier molecular flexibility index (Phi) is 7.77. The van der Waals surface area contributed by atoms with Crippen LogP contribution in [-0.2, 0) is 11.4 Å². The maximum Gasteiger partial charge on any atom is 0.266 e. The Labute approximate surface area is 196 Å². The van der Waals surface area contributed by atoms with Crippen molar-refractivity contribution < 1.29 is 14.3 Å². The van der Waals surface area contributed by atoms with Gasteiger partial charge in [0.15, 0.2) is 11.5 Å². The van der Waals surface area contributed by atoms with Crippen LogP contribution in [-0.4, -0.2) is 13.0 Å². The fraction of sp³-hybridized carbons (Fsp3) is 0.120. The molecule has 0 heterocycles. The molecular formula is C25H20Cl2N2O3. The normalized spacial score (nSPS) is 10.9. The van der Waals surface area contributed by atoms with E-state index in [1.54, 1.807) is 30.3 Å². The molecule has 0 spiro atoms. The van der Waals surface area contributed by atoms with Crippen molar-refractivity contribution in [3.63, 3.8) is 0 Å². The molecule has 0 saturated carbocycles. The number of nitrogens with zero attached hydrogens (tertiary/aromatic N) is 1. The van der Waals surface area contributed by atoms with E-state index >= 15 is 0 Å². The Morgan fingerprint density at radius 1 is 1.12 bits per heavy atom. The Morgan fingerprint density at radius 2 is 1.88 bits per heavy atom. The summed E-state index contributed by atoms with van der Waals surface area (Å²) < 4.78 is 11.3. The minimum Gasteiger partial charge on any atom is -0.493 e. The summed E-state index contributed by atoms with van der Waals surface area (Å²) in [5, 5.41) is 13.1. The summed E-state index contributed by atoms with van der Waals surface area (Å²) in [6.45, 7) is 2.19. The summed E-state index contributed by atoms with van der Waals surface area (Å²) in [5.74, 6) is 0.231. The Morgan fingerprint density at radius 3 is 2.53 bits per heavy atom. The Bertz CT molecular complexity index is 1200. The highest BCUT2D eigenvalue weighted by Gasteiger charge is 2.14. The van der Waals surface area contributed by atoms with Crippen molar-refractivity contribution in [1.82, 2.24) is 0 Å². The predicted octanol–water partition coefficient (Wildman–Crippen LogP) is 6.44. The van der Waals surface area contributed by atoms with E-state index in [-0.39, 0.29) is 12.2 Å². The van der Waals surface area contributed by atoms with Gasteiger partial charge in [0.2, 0.25) is 0 Å². The van der Waals surface area contributed by atoms with Gasteiger partial charge in [-0.3, -0.25) is 4.79 Å². The van der Waals surface area contributed by atoms with Crippen LogP contribution in [0.15, 0.2) is 66.2 Å². The van der Waals surface area contributed by atoms with E-state index in [1.165, 1.54) is 13.2 Å². The number of benzene rings is 3. The van der Waals surface area contributed by atoms with Crippen LogP contribution in [0.25, 0.3) is 6.08 Å². The maximum absolute atomic E-state index is 12.5. The average molecular weight is 467 g/mol. The standard InChI is InChI=1S/C25H20Cl2N2O3/c1-16-4-3-5-21(10-16)29-25(30)19(14-28)11-18-12-22(27)24(23(13-18)31-2)32-15-17-6-8-20(26)9-7-17/h3-13H,15H2,1-2H3,(H,29,30)/b19-11-. The molecule has 0 bridgehead atoms. The summed E-state index contributed by atoms with van der Waals surface area (Å²) in [7, 11) is 1.49. The zero-order valence-electron chi connectivity index (χ0n) is 17.5. The summed E-state index contributed by atoms with van der Waals surface area (Å²) in [5.41, 5.74) is 2.98. The Hall–Kier alpha value is -3.46. The van der Waals surface area contributed by atoms with Crippen LogP contribution in [0.2, 0.25) is 10.0 Å². The second-order valence-electron chi connectivity index (χ2n) is 6.94. The largest absolute Gasteiger partial charge is 0.493 e. The molecular weight excluding hydrogens is 447 g/mol. The lowest BCUT2D eigenvalue weighted by Gasteiger charge is -2.14. The van der Waals surface area contributed by atoms with E-state index in [9.17, 15) is 10.1 Å². The van der Waals surface area contributed by atoms with Gasteiger partial charge in [0.05, 0.1) is 12.1 Å². The zero-order valence-corrected chi connectivity index (χ0v) is 19.0. The predicted molar refractivity (Wildman–Crippen MR) is 127 cm³/mol. The number of rotatable bonds is 7. The zero-order chi connectivity index (χ0) is 23.1. The molecule has 3 aromatic rings. The van der Waals surface area contributed by atoms with Crippen LogP contribution >= 0.6 is 23.2 Å². The number of halogens is 2. The van der Waals surface area contributed by atoms with Gasteiger partial charge in [-0.15, -0.1) is 0 Å². The lowest BCUT2D eigenvalue weighted by Crippen LogP contribution is -2.13. The lowest BCUT2D eigenvalue weighted by atomic mass is 10.1. The summed E-state index contributed by atoms with van der Waals surface area (Å²) in [6, 6.07) is 19.8. The third-order valence-electron chi connectivity index (χ3n) is 4.50. The van der Waals surface area contributed by atoms with Crippen LogP contribution in [0, 0.1) is 18.3 Å². The molecule has 3 rings (SSSR count). The van der Waals surface area contributed by atoms with Crippen LogP contribution in [0.1, 0.15) is 16.7 Å². The molecule has 0 unspecified atom stereocenters. The first-order valence-corrected chi connectivity index (χ1v) is 10.4. The van der Waals surface area contributed by atoms with Gasteiger partial charge in [0.25, 0.3) is 5.91 Å². The highest BCUT2D eigenvalue weighted by atomic mass is 35.5. The van der Waals surface area contributed by atoms with E-state index in [0.29, 0.717) is 32.8 Å². The van der Waals surface area contributed by atoms with Gasteiger partial charge < -0.3 is 14.8 Å². The number of ether oxygens (including phenoxy) is 2. The Balaban J connectivity index is 1.81. The van der Waals surface area contributed by atoms with Crippen LogP contribution < -0.4 is 14.8 Å². The van der Waals surface area contributed by atoms with Crippen molar-refractivity contribution in [2.45, 2.75) is 13.5 Å². The molecule has 0 radical (unpaired) electrons. The lowest BCUT2D eigenvalue weighted by molar-refractivity contribution is -0.112. The second-order valence-corrected chi connectivity index (χ2v) is 7.79. The highest BCUT2D eigenvalue weighted by Crippen LogP contribution is 2.37. The van der Waals surface area contributed by atoms with E-state index < -0.39 is 5.91 Å². The summed E-state index contributed by atoms with van der Waals surface area (Å²) >= 11 is 12.3. The van der Waals surface area contributed by atoms with Crippen molar-refractivity contribution >= 4 is 40.9 Å². The fourth-order valence-electron chi connectivity index (χ4n) is 2.94. The molecule has 0 atom stereocenters. The summed E-state index contributed by atoms with van der Waals surface area (Å²) in [6.07, 6.45) is 1.45. The number of methoxy groups -OCH3 is 1. The second kappa shape index (κ2) is 10.7. The number of nitrogens with one attached hydrogen (secondary N) is 1. The first-order valence-electron chi connectivity index (χ1n) is 9.64. The first kappa shape index (κ1) is 23.2. The number of anilines is 1. The van der Waals surface area contributed by atoms with Crippen LogP contribution in [0.5, 0.6) is 11.5 Å². The van der Waals surface area contributed by atoms with Crippen molar-refractivity contribution in [3.8, 4) is 17.6 Å². The molecule has 0 aromatic heterocycles. The summed E-state index contributed by atoms with van der Waals surface area (Å²) in [4.78, 5) is 12.5. The third kappa shape index (κ3) is 6.04. The average Bonchev–Trinajstić information content (AvgIpc) is 2.77. The number of hydrogen-bond acceptors (Lipinski definition) is 4. The van der Waals surface area contributed by atoms with Gasteiger partial charge >= 0.3 is 0 Å². The van der Waals surface area contributed by atoms with E-state index in [1.807, 2.05) is 43.3 Å². The van der Waals surface area contributed by atoms with Crippen LogP contribution in [0.3, 0.4) is 0 Å². The molecule has 5 nitrogen and oxygen atoms in total. The van der Waals surface area contributed by atoms with Crippen molar-refractivity contribution in [3.05, 3.63) is 93.0 Å². The molecule has 1 N–H and O–H groups in total. The molecule has 1 amide bonds.